The first-order valence-corrected chi connectivity index (χ1v) is 10.3. The second kappa shape index (κ2) is 8.31. The third-order valence-corrected chi connectivity index (χ3v) is 5.86. The molecular formula is C25H26N4O3. The average molecular weight is 431 g/mol. The lowest BCUT2D eigenvalue weighted by atomic mass is 9.84. The molecule has 0 spiro atoms. The van der Waals surface area contributed by atoms with Gasteiger partial charge in [0.15, 0.2) is 11.5 Å². The summed E-state index contributed by atoms with van der Waals surface area (Å²) in [4.78, 5) is 0. The van der Waals surface area contributed by atoms with E-state index in [9.17, 15) is 5.26 Å². The molecule has 3 N–H and O–H groups in total. The highest BCUT2D eigenvalue weighted by Gasteiger charge is 2.34. The number of hydrogen-bond acceptors (Lipinski definition) is 6. The van der Waals surface area contributed by atoms with Crippen LogP contribution >= 0.6 is 0 Å². The summed E-state index contributed by atoms with van der Waals surface area (Å²) in [5.41, 5.74) is 13.6. The summed E-state index contributed by atoms with van der Waals surface area (Å²) in [5.74, 6) is 1.24. The van der Waals surface area contributed by atoms with Gasteiger partial charge >= 0.3 is 0 Å². The molecule has 7 heteroatoms. The molecule has 2 aromatic carbocycles. The molecule has 0 fully saturated rings. The van der Waals surface area contributed by atoms with Crippen molar-refractivity contribution in [2.24, 2.45) is 5.73 Å². The molecule has 0 saturated carbocycles. The molecule has 0 bridgehead atoms. The Labute approximate surface area is 187 Å². The number of nitrogens with zero attached hydrogens (tertiary/aromatic N) is 2. The molecule has 4 rings (SSSR count). The quantitative estimate of drug-likeness (QED) is 0.619. The minimum absolute atomic E-state index is 0.0566. The number of fused-ring (bicyclic) bond motifs is 1. The first kappa shape index (κ1) is 21.3. The van der Waals surface area contributed by atoms with Crippen LogP contribution < -0.4 is 19.9 Å². The predicted octanol–water partition coefficient (Wildman–Crippen LogP) is 4.45. The summed E-state index contributed by atoms with van der Waals surface area (Å²) in [5, 5.41) is 16.8. The van der Waals surface area contributed by atoms with Crippen LogP contribution in [0.1, 0.15) is 45.0 Å². The smallest absolute Gasteiger partial charge is 0.244 e. The van der Waals surface area contributed by atoms with E-state index in [2.05, 4.69) is 49.2 Å². The summed E-state index contributed by atoms with van der Waals surface area (Å²) in [6, 6.07) is 12.2. The highest BCUT2D eigenvalue weighted by Crippen LogP contribution is 2.44. The Morgan fingerprint density at radius 2 is 1.84 bits per heavy atom. The van der Waals surface area contributed by atoms with Crippen molar-refractivity contribution in [3.05, 3.63) is 80.9 Å². The van der Waals surface area contributed by atoms with E-state index in [-0.39, 0.29) is 5.88 Å². The first-order chi connectivity index (χ1) is 15.3. The number of nitriles is 1. The van der Waals surface area contributed by atoms with Gasteiger partial charge in [0.1, 0.15) is 18.2 Å². The van der Waals surface area contributed by atoms with Gasteiger partial charge < -0.3 is 19.9 Å². The van der Waals surface area contributed by atoms with Crippen molar-refractivity contribution in [3.8, 4) is 23.4 Å². The monoisotopic (exact) mass is 430 g/mol. The van der Waals surface area contributed by atoms with Gasteiger partial charge in [-0.1, -0.05) is 23.8 Å². The highest BCUT2D eigenvalue weighted by atomic mass is 16.5. The van der Waals surface area contributed by atoms with E-state index in [1.807, 2.05) is 25.1 Å². The van der Waals surface area contributed by atoms with Crippen LogP contribution in [0.2, 0.25) is 0 Å². The SMILES string of the molecule is COc1cc([C@H]2C(C#N)=C(N)Oc3n[nH]c(C)c32)ccc1OCc1c(C)cc(C)cc1C. The number of aryl methyl sites for hydroxylation is 4. The van der Waals surface area contributed by atoms with Gasteiger partial charge in [0.25, 0.3) is 0 Å². The normalized spacial score (nSPS) is 15.1. The molecular weight excluding hydrogens is 404 g/mol. The summed E-state index contributed by atoms with van der Waals surface area (Å²) in [7, 11) is 1.60. The molecule has 1 aliphatic heterocycles. The van der Waals surface area contributed by atoms with Crippen molar-refractivity contribution in [2.45, 2.75) is 40.2 Å². The minimum atomic E-state index is -0.410. The van der Waals surface area contributed by atoms with Gasteiger partial charge in [0.05, 0.1) is 13.0 Å². The fourth-order valence-corrected chi connectivity index (χ4v) is 4.30. The zero-order chi connectivity index (χ0) is 23.0. The van der Waals surface area contributed by atoms with E-state index in [1.54, 1.807) is 7.11 Å². The van der Waals surface area contributed by atoms with Gasteiger partial charge in [-0.2, -0.15) is 5.26 Å². The number of aromatic nitrogens is 2. The summed E-state index contributed by atoms with van der Waals surface area (Å²) in [6.07, 6.45) is 0. The number of methoxy groups -OCH3 is 1. The Balaban J connectivity index is 1.69. The first-order valence-electron chi connectivity index (χ1n) is 10.3. The molecule has 164 valence electrons. The number of allylic oxidation sites excluding steroid dienone is 1. The summed E-state index contributed by atoms with van der Waals surface area (Å²) in [6.45, 7) is 8.60. The van der Waals surface area contributed by atoms with Gasteiger partial charge in [-0.3, -0.25) is 5.10 Å². The van der Waals surface area contributed by atoms with Crippen molar-refractivity contribution in [2.75, 3.05) is 7.11 Å². The van der Waals surface area contributed by atoms with Gasteiger partial charge in [0, 0.05) is 11.3 Å². The van der Waals surface area contributed by atoms with Crippen molar-refractivity contribution in [3.63, 3.8) is 0 Å². The van der Waals surface area contributed by atoms with E-state index < -0.39 is 5.92 Å². The topological polar surface area (TPSA) is 106 Å². The van der Waals surface area contributed by atoms with E-state index in [0.29, 0.717) is 29.6 Å². The van der Waals surface area contributed by atoms with Crippen molar-refractivity contribution >= 4 is 0 Å². The second-order valence-corrected chi connectivity index (χ2v) is 8.07. The molecule has 0 amide bonds. The summed E-state index contributed by atoms with van der Waals surface area (Å²) < 4.78 is 17.3. The molecule has 0 saturated heterocycles. The van der Waals surface area contributed by atoms with Crippen molar-refractivity contribution in [1.29, 1.82) is 5.26 Å². The third kappa shape index (κ3) is 3.65. The van der Waals surface area contributed by atoms with Gasteiger partial charge in [-0.05, 0) is 62.1 Å². The van der Waals surface area contributed by atoms with Crippen LogP contribution in [0.4, 0.5) is 0 Å². The van der Waals surface area contributed by atoms with Crippen molar-refractivity contribution in [1.82, 2.24) is 10.2 Å². The number of nitrogens with one attached hydrogen (secondary N) is 1. The molecule has 3 aromatic rings. The van der Waals surface area contributed by atoms with E-state index in [4.69, 9.17) is 19.9 Å². The van der Waals surface area contributed by atoms with Crippen LogP contribution in [-0.2, 0) is 6.61 Å². The molecule has 0 radical (unpaired) electrons. The van der Waals surface area contributed by atoms with Gasteiger partial charge in [0.2, 0.25) is 11.8 Å². The minimum Gasteiger partial charge on any atom is -0.493 e. The molecule has 0 unspecified atom stereocenters. The summed E-state index contributed by atoms with van der Waals surface area (Å²) >= 11 is 0. The number of aromatic amines is 1. The Kier molecular flexibility index (Phi) is 5.54. The molecule has 1 atom stereocenters. The standard InChI is InChI=1S/C25H26N4O3/c1-13-8-14(2)19(15(3)9-13)12-31-20-7-6-17(10-21(20)30-5)23-18(11-26)24(27)32-25-22(23)16(4)28-29-25/h6-10,23H,12,27H2,1-5H3,(H,28,29)/t23-/m0/s1. The van der Waals surface area contributed by atoms with Crippen molar-refractivity contribution < 1.29 is 14.2 Å². The zero-order valence-corrected chi connectivity index (χ0v) is 18.9. The fourth-order valence-electron chi connectivity index (χ4n) is 4.30. The number of benzene rings is 2. The number of hydrogen-bond donors (Lipinski definition) is 2. The molecule has 0 aliphatic carbocycles. The Hall–Kier alpha value is -3.92. The maximum absolute atomic E-state index is 9.76. The largest absolute Gasteiger partial charge is 0.493 e. The average Bonchev–Trinajstić information content (AvgIpc) is 3.12. The van der Waals surface area contributed by atoms with Crippen LogP contribution in [0.5, 0.6) is 17.4 Å². The number of nitrogens with two attached hydrogens (primary N) is 1. The molecule has 1 aliphatic rings. The lowest BCUT2D eigenvalue weighted by Crippen LogP contribution is -2.21. The van der Waals surface area contributed by atoms with E-state index >= 15 is 0 Å². The van der Waals surface area contributed by atoms with E-state index in [0.717, 1.165) is 22.4 Å². The third-order valence-electron chi connectivity index (χ3n) is 5.86. The highest BCUT2D eigenvalue weighted by molar-refractivity contribution is 5.57. The Bertz CT molecular complexity index is 1240. The van der Waals surface area contributed by atoms with Crippen LogP contribution in [0.15, 0.2) is 41.8 Å². The van der Waals surface area contributed by atoms with Crippen LogP contribution in [0.25, 0.3) is 0 Å². The number of H-pyrrole nitrogens is 1. The number of rotatable bonds is 5. The second-order valence-electron chi connectivity index (χ2n) is 8.07. The maximum Gasteiger partial charge on any atom is 0.244 e. The molecule has 2 heterocycles. The Morgan fingerprint density at radius 3 is 2.50 bits per heavy atom. The Morgan fingerprint density at radius 1 is 1.12 bits per heavy atom. The van der Waals surface area contributed by atoms with Crippen LogP contribution in [0.3, 0.4) is 0 Å². The lowest BCUT2D eigenvalue weighted by molar-refractivity contribution is 0.283. The van der Waals surface area contributed by atoms with Crippen LogP contribution in [-0.4, -0.2) is 17.3 Å². The fraction of sp³-hybridized carbons (Fsp3) is 0.280. The van der Waals surface area contributed by atoms with Gasteiger partial charge in [-0.15, -0.1) is 5.10 Å². The number of ether oxygens (including phenoxy) is 3. The lowest BCUT2D eigenvalue weighted by Gasteiger charge is -2.24. The molecule has 1 aromatic heterocycles. The maximum atomic E-state index is 9.76. The van der Waals surface area contributed by atoms with Gasteiger partial charge in [-0.25, -0.2) is 0 Å². The molecule has 32 heavy (non-hydrogen) atoms. The zero-order valence-electron chi connectivity index (χ0n) is 18.9. The van der Waals surface area contributed by atoms with E-state index in [1.165, 1.54) is 16.7 Å². The predicted molar refractivity (Wildman–Crippen MR) is 121 cm³/mol. The molecule has 7 nitrogen and oxygen atoms in total. The van der Waals surface area contributed by atoms with Crippen LogP contribution in [0, 0.1) is 39.0 Å².